The van der Waals surface area contributed by atoms with E-state index in [2.05, 4.69) is 5.16 Å². The van der Waals surface area contributed by atoms with Crippen molar-refractivity contribution in [2.24, 2.45) is 0 Å². The first-order valence-electron chi connectivity index (χ1n) is 12.1. The molecule has 0 aliphatic rings. The second kappa shape index (κ2) is 11.9. The molecule has 1 aromatic heterocycles. The highest BCUT2D eigenvalue weighted by Gasteiger charge is 2.21. The predicted octanol–water partition coefficient (Wildman–Crippen LogP) is 6.92. The number of nitrogens with zero attached hydrogens (tertiary/aromatic N) is 1. The van der Waals surface area contributed by atoms with Crippen molar-refractivity contribution in [3.8, 4) is 22.5 Å². The Morgan fingerprint density at radius 3 is 2.16 bits per heavy atom. The molecule has 0 saturated carbocycles. The lowest BCUT2D eigenvalue weighted by molar-refractivity contribution is -0.147. The summed E-state index contributed by atoms with van der Waals surface area (Å²) >= 11 is 6.24. The fraction of sp³-hybridized carbons (Fsp3) is 0.233. The molecule has 190 valence electrons. The van der Waals surface area contributed by atoms with Gasteiger partial charge in [0.2, 0.25) is 0 Å². The van der Waals surface area contributed by atoms with Gasteiger partial charge in [0.05, 0.1) is 25.1 Å². The molecule has 7 heteroatoms. The number of aryl methyl sites for hydroxylation is 1. The minimum Gasteiger partial charge on any atom is -0.466 e. The molecule has 0 aliphatic heterocycles. The first kappa shape index (κ1) is 26.2. The van der Waals surface area contributed by atoms with Gasteiger partial charge >= 0.3 is 11.9 Å². The molecule has 37 heavy (non-hydrogen) atoms. The van der Waals surface area contributed by atoms with Gasteiger partial charge in [-0.15, -0.1) is 0 Å². The second-order valence-corrected chi connectivity index (χ2v) is 9.07. The summed E-state index contributed by atoms with van der Waals surface area (Å²) < 4.78 is 16.2. The number of carbonyl (C=O) groups excluding carboxylic acids is 2. The van der Waals surface area contributed by atoms with Crippen LogP contribution >= 0.6 is 11.6 Å². The summed E-state index contributed by atoms with van der Waals surface area (Å²) in [6, 6.07) is 22.9. The molecule has 0 amide bonds. The average molecular weight is 518 g/mol. The summed E-state index contributed by atoms with van der Waals surface area (Å²) in [4.78, 5) is 24.4. The number of benzene rings is 3. The molecule has 6 nitrogen and oxygen atoms in total. The van der Waals surface area contributed by atoms with Crippen molar-refractivity contribution < 1.29 is 23.6 Å². The Hall–Kier alpha value is -3.90. The summed E-state index contributed by atoms with van der Waals surface area (Å²) in [6.45, 7) is 5.77. The Morgan fingerprint density at radius 1 is 0.892 bits per heavy atom. The number of esters is 2. The SMILES string of the molecule is CCOC(=O)Cc1ccc(-c2ccc(-c3onc(C)c3CC(=O)O[C@H](C)c3ccccc3Cl)cc2)cc1. The fourth-order valence-electron chi connectivity index (χ4n) is 4.08. The van der Waals surface area contributed by atoms with Gasteiger partial charge in [-0.25, -0.2) is 0 Å². The van der Waals surface area contributed by atoms with Gasteiger partial charge in [-0.1, -0.05) is 83.5 Å². The van der Waals surface area contributed by atoms with E-state index in [-0.39, 0.29) is 24.8 Å². The van der Waals surface area contributed by atoms with Crippen molar-refractivity contribution in [3.63, 3.8) is 0 Å². The van der Waals surface area contributed by atoms with Gasteiger partial charge < -0.3 is 14.0 Å². The molecule has 0 saturated heterocycles. The van der Waals surface area contributed by atoms with E-state index in [0.717, 1.165) is 27.8 Å². The van der Waals surface area contributed by atoms with E-state index in [1.807, 2.05) is 66.7 Å². The van der Waals surface area contributed by atoms with Crippen molar-refractivity contribution in [2.45, 2.75) is 39.7 Å². The lowest BCUT2D eigenvalue weighted by Crippen LogP contribution is -2.12. The van der Waals surface area contributed by atoms with Gasteiger partial charge in [-0.3, -0.25) is 9.59 Å². The molecule has 3 aromatic carbocycles. The molecule has 1 heterocycles. The van der Waals surface area contributed by atoms with Crippen LogP contribution in [0.25, 0.3) is 22.5 Å². The number of hydrogen-bond donors (Lipinski definition) is 0. The first-order chi connectivity index (χ1) is 17.9. The summed E-state index contributed by atoms with van der Waals surface area (Å²) in [5.41, 5.74) is 5.82. The van der Waals surface area contributed by atoms with Crippen LogP contribution in [0.1, 0.15) is 42.3 Å². The Morgan fingerprint density at radius 2 is 1.51 bits per heavy atom. The van der Waals surface area contributed by atoms with Gasteiger partial charge in [0.25, 0.3) is 0 Å². The van der Waals surface area contributed by atoms with E-state index < -0.39 is 6.10 Å². The number of halogens is 1. The van der Waals surface area contributed by atoms with E-state index in [0.29, 0.717) is 28.6 Å². The van der Waals surface area contributed by atoms with Crippen LogP contribution in [-0.4, -0.2) is 23.7 Å². The molecule has 1 atom stereocenters. The Labute approximate surface area is 221 Å². The number of aromatic nitrogens is 1. The molecular weight excluding hydrogens is 490 g/mol. The fourth-order valence-corrected chi connectivity index (χ4v) is 4.37. The third kappa shape index (κ3) is 6.46. The van der Waals surface area contributed by atoms with Crippen molar-refractivity contribution in [2.75, 3.05) is 6.61 Å². The number of hydrogen-bond acceptors (Lipinski definition) is 6. The highest BCUT2D eigenvalue weighted by Crippen LogP contribution is 2.31. The molecule has 0 spiro atoms. The van der Waals surface area contributed by atoms with Crippen LogP contribution in [0.2, 0.25) is 5.02 Å². The Bertz CT molecular complexity index is 1380. The molecule has 4 aromatic rings. The van der Waals surface area contributed by atoms with Gasteiger partial charge in [-0.2, -0.15) is 0 Å². The second-order valence-electron chi connectivity index (χ2n) is 8.66. The van der Waals surface area contributed by atoms with Gasteiger partial charge in [-0.05, 0) is 43.5 Å². The van der Waals surface area contributed by atoms with Crippen LogP contribution < -0.4 is 0 Å². The molecule has 0 N–H and O–H groups in total. The zero-order valence-electron chi connectivity index (χ0n) is 21.0. The van der Waals surface area contributed by atoms with Gasteiger partial charge in [0.15, 0.2) is 5.76 Å². The predicted molar refractivity (Wildman–Crippen MR) is 142 cm³/mol. The first-order valence-corrected chi connectivity index (χ1v) is 12.5. The molecular formula is C30H28ClNO5. The highest BCUT2D eigenvalue weighted by molar-refractivity contribution is 6.31. The monoisotopic (exact) mass is 517 g/mol. The molecule has 0 aliphatic carbocycles. The summed E-state index contributed by atoms with van der Waals surface area (Å²) in [7, 11) is 0. The lowest BCUT2D eigenvalue weighted by atomic mass is 9.99. The highest BCUT2D eigenvalue weighted by atomic mass is 35.5. The van der Waals surface area contributed by atoms with Crippen LogP contribution in [0.15, 0.2) is 77.3 Å². The van der Waals surface area contributed by atoms with Crippen LogP contribution in [-0.2, 0) is 31.9 Å². The minimum absolute atomic E-state index is 0.0309. The quantitative estimate of drug-likeness (QED) is 0.224. The minimum atomic E-state index is -0.479. The van der Waals surface area contributed by atoms with Crippen LogP contribution in [0.3, 0.4) is 0 Å². The Balaban J connectivity index is 1.45. The smallest absolute Gasteiger partial charge is 0.311 e. The van der Waals surface area contributed by atoms with Crippen molar-refractivity contribution in [1.29, 1.82) is 0 Å². The van der Waals surface area contributed by atoms with Gasteiger partial charge in [0, 0.05) is 21.7 Å². The van der Waals surface area contributed by atoms with E-state index >= 15 is 0 Å². The standard InChI is InChI=1S/C30H28ClNO5/c1-4-35-28(33)17-21-9-11-22(12-10-21)23-13-15-24(16-14-23)30-26(19(2)32-37-30)18-29(34)36-20(3)25-7-5-6-8-27(25)31/h5-16,20H,4,17-18H2,1-3H3/t20-/m1/s1. The van der Waals surface area contributed by atoms with Crippen LogP contribution in [0.5, 0.6) is 0 Å². The maximum absolute atomic E-state index is 12.7. The lowest BCUT2D eigenvalue weighted by Gasteiger charge is -2.15. The molecule has 0 fully saturated rings. The number of ether oxygens (including phenoxy) is 2. The summed E-state index contributed by atoms with van der Waals surface area (Å²) in [5, 5.41) is 4.64. The maximum atomic E-state index is 12.7. The average Bonchev–Trinajstić information content (AvgIpc) is 3.24. The summed E-state index contributed by atoms with van der Waals surface area (Å²) in [6.07, 6.45) is -0.198. The molecule has 0 bridgehead atoms. The van der Waals surface area contributed by atoms with Crippen molar-refractivity contribution in [3.05, 3.63) is 100 Å². The molecule has 0 radical (unpaired) electrons. The van der Waals surface area contributed by atoms with Crippen LogP contribution in [0, 0.1) is 6.92 Å². The summed E-state index contributed by atoms with van der Waals surface area (Å²) in [5.74, 6) is -0.0874. The topological polar surface area (TPSA) is 78.6 Å². The van der Waals surface area contributed by atoms with Crippen molar-refractivity contribution in [1.82, 2.24) is 5.16 Å². The maximum Gasteiger partial charge on any atom is 0.311 e. The van der Waals surface area contributed by atoms with E-state index in [9.17, 15) is 9.59 Å². The molecule has 4 rings (SSSR count). The van der Waals surface area contributed by atoms with E-state index in [1.54, 1.807) is 26.8 Å². The largest absolute Gasteiger partial charge is 0.466 e. The number of carbonyl (C=O) groups is 2. The van der Waals surface area contributed by atoms with E-state index in [4.69, 9.17) is 25.6 Å². The third-order valence-electron chi connectivity index (χ3n) is 6.05. The van der Waals surface area contributed by atoms with Crippen molar-refractivity contribution >= 4 is 23.5 Å². The van der Waals surface area contributed by atoms with E-state index in [1.165, 1.54) is 0 Å². The Kier molecular flexibility index (Phi) is 8.41. The zero-order chi connectivity index (χ0) is 26.4. The van der Waals surface area contributed by atoms with Gasteiger partial charge in [0.1, 0.15) is 6.10 Å². The normalized spacial score (nSPS) is 11.7. The molecule has 0 unspecified atom stereocenters. The third-order valence-corrected chi connectivity index (χ3v) is 6.39. The van der Waals surface area contributed by atoms with Crippen LogP contribution in [0.4, 0.5) is 0 Å². The zero-order valence-corrected chi connectivity index (χ0v) is 21.7. The number of rotatable bonds is 9.